The van der Waals surface area contributed by atoms with Gasteiger partial charge in [-0.3, -0.25) is 19.4 Å². The first-order chi connectivity index (χ1) is 16.1. The van der Waals surface area contributed by atoms with Gasteiger partial charge < -0.3 is 24.3 Å². The fraction of sp³-hybridized carbons (Fsp3) is 0.458. The van der Waals surface area contributed by atoms with Crippen molar-refractivity contribution < 1.29 is 28.3 Å². The Balaban J connectivity index is 1.50. The molecule has 0 aromatic carbocycles. The Morgan fingerprint density at radius 2 is 2.03 bits per heavy atom. The van der Waals surface area contributed by atoms with Gasteiger partial charge in [-0.05, 0) is 30.4 Å². The van der Waals surface area contributed by atoms with Gasteiger partial charge in [-0.25, -0.2) is 4.79 Å². The van der Waals surface area contributed by atoms with Crippen LogP contribution in [0.25, 0.3) is 0 Å². The van der Waals surface area contributed by atoms with Crippen LogP contribution in [0.2, 0.25) is 0 Å². The van der Waals surface area contributed by atoms with Crippen LogP contribution in [0.1, 0.15) is 44.1 Å². The monoisotopic (exact) mass is 468 g/mol. The predicted octanol–water partition coefficient (Wildman–Crippen LogP) is 2.26. The molecule has 2 saturated heterocycles. The lowest BCUT2D eigenvalue weighted by molar-refractivity contribution is -0.138. The normalized spacial score (nSPS) is 20.7. The van der Waals surface area contributed by atoms with E-state index in [1.54, 1.807) is 18.2 Å². The van der Waals surface area contributed by atoms with Gasteiger partial charge in [0.2, 0.25) is 5.91 Å². The Kier molecular flexibility index (Phi) is 6.41. The van der Waals surface area contributed by atoms with Gasteiger partial charge in [-0.15, -0.1) is 0 Å². The Morgan fingerprint density at radius 3 is 2.68 bits per heavy atom. The highest BCUT2D eigenvalue weighted by Gasteiger charge is 2.52. The van der Waals surface area contributed by atoms with E-state index in [2.05, 4.69) is 10.3 Å². The van der Waals surface area contributed by atoms with Crippen LogP contribution >= 0.6 is 0 Å². The van der Waals surface area contributed by atoms with Crippen molar-refractivity contribution in [2.75, 3.05) is 13.1 Å². The van der Waals surface area contributed by atoms with E-state index in [0.717, 1.165) is 0 Å². The summed E-state index contributed by atoms with van der Waals surface area (Å²) < 4.78 is 10.1. The highest BCUT2D eigenvalue weighted by Crippen LogP contribution is 2.32. The summed E-state index contributed by atoms with van der Waals surface area (Å²) in [6.07, 6.45) is 4.19. The number of nitrogens with zero attached hydrogens (tertiary/aromatic N) is 3. The molecule has 4 rings (SSSR count). The van der Waals surface area contributed by atoms with Gasteiger partial charge in [-0.2, -0.15) is 0 Å². The first-order valence-corrected chi connectivity index (χ1v) is 11.2. The highest BCUT2D eigenvalue weighted by molar-refractivity contribution is 6.02. The van der Waals surface area contributed by atoms with Crippen molar-refractivity contribution in [1.82, 2.24) is 20.1 Å². The number of rotatable bonds is 5. The van der Waals surface area contributed by atoms with Crippen LogP contribution in [0.5, 0.6) is 5.75 Å². The van der Waals surface area contributed by atoms with Gasteiger partial charge in [-0.1, -0.05) is 26.8 Å². The van der Waals surface area contributed by atoms with Crippen molar-refractivity contribution in [2.24, 2.45) is 5.41 Å². The number of hydrogen-bond acceptors (Lipinski definition) is 7. The summed E-state index contributed by atoms with van der Waals surface area (Å²) >= 11 is 0. The summed E-state index contributed by atoms with van der Waals surface area (Å²) in [6.45, 7) is 6.10. The molecule has 0 radical (unpaired) electrons. The van der Waals surface area contributed by atoms with Gasteiger partial charge in [0.25, 0.3) is 5.91 Å². The fourth-order valence-electron chi connectivity index (χ4n) is 4.58. The maximum atomic E-state index is 13.6. The second-order valence-electron chi connectivity index (χ2n) is 9.76. The number of likely N-dealkylation sites (tertiary alicyclic amines) is 2. The number of pyridine rings is 1. The van der Waals surface area contributed by atoms with E-state index in [1.165, 1.54) is 34.6 Å². The molecule has 2 aromatic rings. The summed E-state index contributed by atoms with van der Waals surface area (Å²) in [5.74, 6) is -0.679. The van der Waals surface area contributed by atoms with Crippen LogP contribution in [0.4, 0.5) is 4.79 Å². The number of fused-ring (bicyclic) bond motifs is 1. The maximum Gasteiger partial charge on any atom is 0.413 e. The average molecular weight is 469 g/mol. The number of hydrogen-bond donors (Lipinski definition) is 1. The van der Waals surface area contributed by atoms with E-state index < -0.39 is 24.2 Å². The Morgan fingerprint density at radius 1 is 1.24 bits per heavy atom. The molecule has 180 valence electrons. The first kappa shape index (κ1) is 23.5. The highest BCUT2D eigenvalue weighted by atomic mass is 16.6. The zero-order chi connectivity index (χ0) is 24.5. The molecule has 1 N–H and O–H groups in total. The van der Waals surface area contributed by atoms with Gasteiger partial charge in [0, 0.05) is 18.8 Å². The Bertz CT molecular complexity index is 1060. The predicted molar refractivity (Wildman–Crippen MR) is 120 cm³/mol. The molecule has 3 unspecified atom stereocenters. The second kappa shape index (κ2) is 9.28. The third kappa shape index (κ3) is 4.95. The zero-order valence-electron chi connectivity index (χ0n) is 19.4. The molecule has 2 aliphatic heterocycles. The molecule has 2 aliphatic rings. The van der Waals surface area contributed by atoms with Crippen molar-refractivity contribution in [3.63, 3.8) is 0 Å². The third-order valence-corrected chi connectivity index (χ3v) is 5.96. The van der Waals surface area contributed by atoms with Crippen molar-refractivity contribution >= 4 is 23.7 Å². The fourth-order valence-corrected chi connectivity index (χ4v) is 4.58. The molecule has 3 amide bonds. The summed E-state index contributed by atoms with van der Waals surface area (Å²) in [5, 5.41) is 2.65. The molecular weight excluding hydrogens is 440 g/mol. The van der Waals surface area contributed by atoms with E-state index in [-0.39, 0.29) is 41.0 Å². The minimum atomic E-state index is -0.897. The standard InChI is InChI=1S/C24H28N4O6/c1-24(2,3)12-17(26-23(32)34-15-8-11-33-14-15)22(31)27-10-7-18-20(27)19(29)13-28(18)21(30)16-6-4-5-9-25-16/h4-6,8-9,11,14,17-18,20H,7,10,12-13H2,1-3H3,(H,26,32). The average Bonchev–Trinajstić information content (AvgIpc) is 3.51. The molecule has 10 heteroatoms. The van der Waals surface area contributed by atoms with Crippen LogP contribution in [-0.4, -0.2) is 69.7 Å². The molecule has 2 fully saturated rings. The number of ether oxygens (including phenoxy) is 1. The van der Waals surface area contributed by atoms with Crippen molar-refractivity contribution in [3.8, 4) is 5.75 Å². The van der Waals surface area contributed by atoms with Crippen LogP contribution in [0.3, 0.4) is 0 Å². The number of aromatic nitrogens is 1. The largest absolute Gasteiger partial charge is 0.469 e. The summed E-state index contributed by atoms with van der Waals surface area (Å²) in [6, 6.07) is 4.46. The van der Waals surface area contributed by atoms with Gasteiger partial charge in [0.15, 0.2) is 11.5 Å². The molecule has 0 bridgehead atoms. The Labute approximate surface area is 197 Å². The molecule has 0 saturated carbocycles. The minimum Gasteiger partial charge on any atom is -0.469 e. The lowest BCUT2D eigenvalue weighted by atomic mass is 9.87. The van der Waals surface area contributed by atoms with Crippen molar-refractivity contribution in [3.05, 3.63) is 48.7 Å². The summed E-state index contributed by atoms with van der Waals surface area (Å²) in [4.78, 5) is 59.0. The number of carbonyl (C=O) groups is 4. The molecule has 2 aromatic heterocycles. The zero-order valence-corrected chi connectivity index (χ0v) is 19.4. The Hall–Kier alpha value is -3.69. The van der Waals surface area contributed by atoms with Gasteiger partial charge in [0.1, 0.15) is 24.0 Å². The van der Waals surface area contributed by atoms with E-state index >= 15 is 0 Å². The summed E-state index contributed by atoms with van der Waals surface area (Å²) in [7, 11) is 0. The molecule has 10 nitrogen and oxygen atoms in total. The molecule has 3 atom stereocenters. The first-order valence-electron chi connectivity index (χ1n) is 11.2. The minimum absolute atomic E-state index is 0.0750. The van der Waals surface area contributed by atoms with Gasteiger partial charge in [0.05, 0.1) is 18.8 Å². The van der Waals surface area contributed by atoms with E-state index in [9.17, 15) is 19.2 Å². The molecule has 0 spiro atoms. The number of amides is 3. The van der Waals surface area contributed by atoms with Crippen molar-refractivity contribution in [2.45, 2.75) is 51.7 Å². The second-order valence-corrected chi connectivity index (χ2v) is 9.76. The molecular formula is C24H28N4O6. The van der Waals surface area contributed by atoms with Crippen LogP contribution in [0.15, 0.2) is 47.4 Å². The maximum absolute atomic E-state index is 13.6. The lowest BCUT2D eigenvalue weighted by Crippen LogP contribution is -2.54. The molecule has 4 heterocycles. The van der Waals surface area contributed by atoms with Gasteiger partial charge >= 0.3 is 6.09 Å². The lowest BCUT2D eigenvalue weighted by Gasteiger charge is -2.31. The van der Waals surface area contributed by atoms with Crippen LogP contribution in [0, 0.1) is 5.41 Å². The topological polar surface area (TPSA) is 122 Å². The number of ketones is 1. The van der Waals surface area contributed by atoms with E-state index in [0.29, 0.717) is 19.4 Å². The van der Waals surface area contributed by atoms with E-state index in [1.807, 2.05) is 20.8 Å². The quantitative estimate of drug-likeness (QED) is 0.714. The number of nitrogens with one attached hydrogen (secondary N) is 1. The number of carbonyl (C=O) groups excluding carboxylic acids is 4. The number of Topliss-reactive ketones (excluding diaryl/α,β-unsaturated/α-hetero) is 1. The third-order valence-electron chi connectivity index (χ3n) is 5.96. The van der Waals surface area contributed by atoms with Crippen molar-refractivity contribution in [1.29, 1.82) is 0 Å². The van der Waals surface area contributed by atoms with Crippen LogP contribution < -0.4 is 10.1 Å². The summed E-state index contributed by atoms with van der Waals surface area (Å²) in [5.41, 5.74) is -0.0294. The SMILES string of the molecule is CC(C)(C)CC(NC(=O)Oc1ccoc1)C(=O)N1CCC2C1C(=O)CN2C(=O)c1ccccn1. The number of furan rings is 1. The van der Waals surface area contributed by atoms with E-state index in [4.69, 9.17) is 9.15 Å². The van der Waals surface area contributed by atoms with Crippen LogP contribution in [-0.2, 0) is 9.59 Å². The smallest absolute Gasteiger partial charge is 0.413 e. The molecule has 34 heavy (non-hydrogen) atoms. The molecule has 0 aliphatic carbocycles.